The molecule has 0 aliphatic heterocycles. The zero-order valence-corrected chi connectivity index (χ0v) is 17.5. The van der Waals surface area contributed by atoms with Gasteiger partial charge in [0.25, 0.3) is 0 Å². The smallest absolute Gasteiger partial charge is 0.141 e. The van der Waals surface area contributed by atoms with Crippen molar-refractivity contribution in [3.8, 4) is 11.5 Å². The highest BCUT2D eigenvalue weighted by Gasteiger charge is 2.34. The van der Waals surface area contributed by atoms with Crippen LogP contribution in [0.1, 0.15) is 72.9 Å². The summed E-state index contributed by atoms with van der Waals surface area (Å²) in [6.45, 7) is 12.1. The summed E-state index contributed by atoms with van der Waals surface area (Å²) in [4.78, 5) is 0. The quantitative estimate of drug-likeness (QED) is 0.312. The summed E-state index contributed by atoms with van der Waals surface area (Å²) in [6.07, 6.45) is 4.30. The van der Waals surface area contributed by atoms with Crippen LogP contribution in [0.3, 0.4) is 0 Å². The summed E-state index contributed by atoms with van der Waals surface area (Å²) in [5.74, 6) is 0.315. The summed E-state index contributed by atoms with van der Waals surface area (Å²) >= 11 is 0. The van der Waals surface area contributed by atoms with Crippen LogP contribution in [0.4, 0.5) is 11.4 Å². The Labute approximate surface area is 163 Å². The van der Waals surface area contributed by atoms with Crippen molar-refractivity contribution in [2.75, 3.05) is 11.5 Å². The minimum Gasteiger partial charge on any atom is -0.506 e. The zero-order chi connectivity index (χ0) is 20.5. The SMILES string of the molecule is CCCCCC(C)(c1cc(C)c(O)c(N)c1C)c1cc(C)c(O)c(N)c1C. The Hall–Kier alpha value is -2.36. The average Bonchev–Trinajstić information content (AvgIpc) is 2.64. The van der Waals surface area contributed by atoms with Crippen molar-refractivity contribution in [3.05, 3.63) is 45.5 Å². The Morgan fingerprint density at radius 2 is 1.22 bits per heavy atom. The summed E-state index contributed by atoms with van der Waals surface area (Å²) in [5, 5.41) is 20.5. The standard InChI is InChI=1S/C23H34N2O2/c1-7-8-9-10-23(6,17-11-13(2)21(26)19(24)15(17)4)18-12-14(3)22(27)20(25)16(18)5/h11-12,26-27H,7-10,24-25H2,1-6H3. The molecule has 0 aromatic heterocycles. The first-order valence-electron chi connectivity index (χ1n) is 9.74. The lowest BCUT2D eigenvalue weighted by Gasteiger charge is -2.36. The molecule has 0 heterocycles. The second kappa shape index (κ2) is 7.71. The van der Waals surface area contributed by atoms with E-state index in [1.165, 1.54) is 0 Å². The van der Waals surface area contributed by atoms with Crippen molar-refractivity contribution in [3.63, 3.8) is 0 Å². The lowest BCUT2D eigenvalue weighted by molar-refractivity contribution is 0.460. The molecular weight excluding hydrogens is 336 g/mol. The van der Waals surface area contributed by atoms with E-state index in [4.69, 9.17) is 11.5 Å². The molecule has 0 radical (unpaired) electrons. The predicted molar refractivity (Wildman–Crippen MR) is 115 cm³/mol. The van der Waals surface area contributed by atoms with Crippen molar-refractivity contribution in [2.24, 2.45) is 0 Å². The maximum atomic E-state index is 10.3. The van der Waals surface area contributed by atoms with Gasteiger partial charge in [-0.15, -0.1) is 0 Å². The van der Waals surface area contributed by atoms with E-state index in [-0.39, 0.29) is 16.9 Å². The molecule has 0 atom stereocenters. The van der Waals surface area contributed by atoms with Gasteiger partial charge in [0.1, 0.15) is 11.5 Å². The lowest BCUT2D eigenvalue weighted by Crippen LogP contribution is -2.27. The molecule has 148 valence electrons. The van der Waals surface area contributed by atoms with Gasteiger partial charge in [-0.05, 0) is 67.5 Å². The fourth-order valence-corrected chi connectivity index (χ4v) is 4.15. The monoisotopic (exact) mass is 370 g/mol. The predicted octanol–water partition coefficient (Wildman–Crippen LogP) is 5.38. The number of anilines is 2. The van der Waals surface area contributed by atoms with Gasteiger partial charge in [0, 0.05) is 5.41 Å². The van der Waals surface area contributed by atoms with Crippen molar-refractivity contribution < 1.29 is 10.2 Å². The molecule has 2 rings (SSSR count). The van der Waals surface area contributed by atoms with Crippen LogP contribution in [0.5, 0.6) is 11.5 Å². The van der Waals surface area contributed by atoms with Crippen LogP contribution in [0, 0.1) is 27.7 Å². The minimum atomic E-state index is -0.317. The molecule has 0 bridgehead atoms. The van der Waals surface area contributed by atoms with Crippen LogP contribution in [0.15, 0.2) is 12.1 Å². The normalized spacial score (nSPS) is 11.8. The lowest BCUT2D eigenvalue weighted by atomic mass is 9.68. The molecule has 4 heteroatoms. The fraction of sp³-hybridized carbons (Fsp3) is 0.478. The molecule has 0 unspecified atom stereocenters. The van der Waals surface area contributed by atoms with E-state index in [1.54, 1.807) is 0 Å². The van der Waals surface area contributed by atoms with Gasteiger partial charge < -0.3 is 21.7 Å². The Balaban J connectivity index is 2.80. The molecule has 0 saturated carbocycles. The van der Waals surface area contributed by atoms with E-state index in [9.17, 15) is 10.2 Å². The van der Waals surface area contributed by atoms with Crippen LogP contribution >= 0.6 is 0 Å². The molecule has 0 fully saturated rings. The Bertz CT molecular complexity index is 793. The van der Waals surface area contributed by atoms with Crippen molar-refractivity contribution in [2.45, 2.75) is 72.6 Å². The van der Waals surface area contributed by atoms with Gasteiger partial charge in [0.15, 0.2) is 0 Å². The fourth-order valence-electron chi connectivity index (χ4n) is 4.15. The third kappa shape index (κ3) is 3.58. The van der Waals surface area contributed by atoms with Crippen molar-refractivity contribution in [1.82, 2.24) is 0 Å². The number of hydrogen-bond acceptors (Lipinski definition) is 4. The van der Waals surface area contributed by atoms with E-state index in [0.29, 0.717) is 11.4 Å². The highest BCUT2D eigenvalue weighted by Crippen LogP contribution is 2.46. The Morgan fingerprint density at radius 1 is 0.815 bits per heavy atom. The van der Waals surface area contributed by atoms with Gasteiger partial charge in [-0.2, -0.15) is 0 Å². The summed E-state index contributed by atoms with van der Waals surface area (Å²) in [6, 6.07) is 4.09. The summed E-state index contributed by atoms with van der Waals surface area (Å²) in [7, 11) is 0. The Kier molecular flexibility index (Phi) is 5.98. The molecule has 0 saturated heterocycles. The molecule has 2 aromatic carbocycles. The van der Waals surface area contributed by atoms with E-state index in [0.717, 1.165) is 59.1 Å². The molecule has 4 nitrogen and oxygen atoms in total. The Morgan fingerprint density at radius 3 is 1.59 bits per heavy atom. The third-order valence-electron chi connectivity index (χ3n) is 6.06. The van der Waals surface area contributed by atoms with E-state index in [2.05, 4.69) is 13.8 Å². The van der Waals surface area contributed by atoms with E-state index in [1.807, 2.05) is 39.8 Å². The molecule has 0 spiro atoms. The topological polar surface area (TPSA) is 92.5 Å². The largest absolute Gasteiger partial charge is 0.506 e. The number of aromatic hydroxyl groups is 2. The molecule has 27 heavy (non-hydrogen) atoms. The summed E-state index contributed by atoms with van der Waals surface area (Å²) in [5.41, 5.74) is 18.6. The second-order valence-corrected chi connectivity index (χ2v) is 8.05. The van der Waals surface area contributed by atoms with Crippen molar-refractivity contribution in [1.29, 1.82) is 0 Å². The second-order valence-electron chi connectivity index (χ2n) is 8.05. The van der Waals surface area contributed by atoms with Crippen LogP contribution in [-0.4, -0.2) is 10.2 Å². The highest BCUT2D eigenvalue weighted by atomic mass is 16.3. The van der Waals surface area contributed by atoms with E-state index >= 15 is 0 Å². The first-order chi connectivity index (χ1) is 12.6. The zero-order valence-electron chi connectivity index (χ0n) is 17.5. The van der Waals surface area contributed by atoms with Crippen LogP contribution < -0.4 is 11.5 Å². The van der Waals surface area contributed by atoms with E-state index < -0.39 is 0 Å². The maximum Gasteiger partial charge on any atom is 0.141 e. The number of phenols is 2. The average molecular weight is 371 g/mol. The number of hydrogen-bond donors (Lipinski definition) is 4. The van der Waals surface area contributed by atoms with Crippen LogP contribution in [0.2, 0.25) is 0 Å². The van der Waals surface area contributed by atoms with Gasteiger partial charge in [-0.3, -0.25) is 0 Å². The number of nitrogen functional groups attached to an aromatic ring is 2. The molecular formula is C23H34N2O2. The number of benzene rings is 2. The molecule has 2 aromatic rings. The van der Waals surface area contributed by atoms with Gasteiger partial charge in [0.2, 0.25) is 0 Å². The first kappa shape index (κ1) is 20.9. The molecule has 0 amide bonds. The van der Waals surface area contributed by atoms with Gasteiger partial charge in [0.05, 0.1) is 11.4 Å². The third-order valence-corrected chi connectivity index (χ3v) is 6.06. The van der Waals surface area contributed by atoms with Gasteiger partial charge in [-0.25, -0.2) is 0 Å². The number of unbranched alkanes of at least 4 members (excludes halogenated alkanes) is 2. The minimum absolute atomic E-state index is 0.158. The number of rotatable bonds is 6. The number of aryl methyl sites for hydroxylation is 2. The number of phenolic OH excluding ortho intramolecular Hbond substituents is 2. The van der Waals surface area contributed by atoms with Gasteiger partial charge >= 0.3 is 0 Å². The number of nitrogens with two attached hydrogens (primary N) is 2. The van der Waals surface area contributed by atoms with Crippen molar-refractivity contribution >= 4 is 11.4 Å². The highest BCUT2D eigenvalue weighted by molar-refractivity contribution is 5.69. The van der Waals surface area contributed by atoms with Gasteiger partial charge in [-0.1, -0.05) is 45.2 Å². The molecule has 6 N–H and O–H groups in total. The summed E-state index contributed by atoms with van der Waals surface area (Å²) < 4.78 is 0. The van der Waals surface area contributed by atoms with Crippen LogP contribution in [-0.2, 0) is 5.41 Å². The maximum absolute atomic E-state index is 10.3. The first-order valence-corrected chi connectivity index (χ1v) is 9.74. The van der Waals surface area contributed by atoms with Crippen LogP contribution in [0.25, 0.3) is 0 Å². The molecule has 0 aliphatic rings. The molecule has 0 aliphatic carbocycles.